The number of hydrogen-bond acceptors (Lipinski definition) is 5. The number of benzene rings is 2. The summed E-state index contributed by atoms with van der Waals surface area (Å²) >= 11 is 0. The summed E-state index contributed by atoms with van der Waals surface area (Å²) in [4.78, 5) is 21.1. The highest BCUT2D eigenvalue weighted by molar-refractivity contribution is 6.01. The normalized spacial score (nSPS) is 10.6. The number of methoxy groups -OCH3 is 2. The molecule has 0 spiro atoms. The van der Waals surface area contributed by atoms with Crippen LogP contribution in [0.25, 0.3) is 17.0 Å². The molecule has 146 valence electrons. The minimum Gasteiger partial charge on any atom is -0.493 e. The lowest BCUT2D eigenvalue weighted by atomic mass is 10.1. The van der Waals surface area contributed by atoms with E-state index in [1.165, 1.54) is 7.11 Å². The van der Waals surface area contributed by atoms with Crippen molar-refractivity contribution in [2.24, 2.45) is 0 Å². The van der Waals surface area contributed by atoms with Crippen LogP contribution in [0.1, 0.15) is 0 Å². The molecular weight excluding hydrogens is 370 g/mol. The number of imidazole rings is 1. The average Bonchev–Trinajstić information content (AvgIpc) is 3.18. The van der Waals surface area contributed by atoms with E-state index < -0.39 is 0 Å². The van der Waals surface area contributed by atoms with Gasteiger partial charge in [-0.2, -0.15) is 0 Å². The lowest BCUT2D eigenvalue weighted by Gasteiger charge is -2.14. The number of rotatable bonds is 5. The Labute approximate surface area is 167 Å². The van der Waals surface area contributed by atoms with Crippen LogP contribution >= 0.6 is 0 Å². The first kappa shape index (κ1) is 18.3. The molecule has 0 aliphatic heterocycles. The quantitative estimate of drug-likeness (QED) is 0.537. The fraction of sp³-hybridized carbons (Fsp3) is 0.0952. The molecule has 0 unspecified atom stereocenters. The van der Waals surface area contributed by atoms with Crippen molar-refractivity contribution in [1.29, 1.82) is 0 Å². The van der Waals surface area contributed by atoms with E-state index >= 15 is 0 Å². The van der Waals surface area contributed by atoms with Crippen LogP contribution < -0.4 is 20.1 Å². The molecule has 2 heterocycles. The van der Waals surface area contributed by atoms with E-state index in [9.17, 15) is 4.79 Å². The van der Waals surface area contributed by atoms with Gasteiger partial charge in [0.05, 0.1) is 25.6 Å². The van der Waals surface area contributed by atoms with Crippen molar-refractivity contribution in [3.05, 3.63) is 67.1 Å². The zero-order valence-corrected chi connectivity index (χ0v) is 15.9. The number of urea groups is 1. The molecule has 8 nitrogen and oxygen atoms in total. The third kappa shape index (κ3) is 3.81. The standard InChI is InChI=1S/C21H19N5O3/c1-28-18-6-3-5-16(19(18)29-2)25-21(27)23-15-9-7-14(8-10-15)17-13-26-12-4-11-22-20(26)24-17/h3-13H,1-2H3,(H2,23,25,27). The van der Waals surface area contributed by atoms with Gasteiger partial charge in [-0.15, -0.1) is 0 Å². The van der Waals surface area contributed by atoms with Crippen molar-refractivity contribution in [2.45, 2.75) is 0 Å². The molecule has 4 aromatic rings. The Balaban J connectivity index is 1.47. The van der Waals surface area contributed by atoms with Gasteiger partial charge in [0.2, 0.25) is 5.78 Å². The van der Waals surface area contributed by atoms with Crippen molar-refractivity contribution in [3.8, 4) is 22.8 Å². The maximum atomic E-state index is 12.4. The SMILES string of the molecule is COc1cccc(NC(=O)Nc2ccc(-c3cn4cccnc4n3)cc2)c1OC. The van der Waals surface area contributed by atoms with E-state index in [-0.39, 0.29) is 6.03 Å². The molecule has 29 heavy (non-hydrogen) atoms. The number of amides is 2. The predicted octanol–water partition coefficient (Wildman–Crippen LogP) is 4.06. The molecule has 2 amide bonds. The first-order valence-corrected chi connectivity index (χ1v) is 8.87. The summed E-state index contributed by atoms with van der Waals surface area (Å²) in [6.07, 6.45) is 5.51. The smallest absolute Gasteiger partial charge is 0.323 e. The Bertz CT molecular complexity index is 1120. The molecular formula is C21H19N5O3. The summed E-state index contributed by atoms with van der Waals surface area (Å²) in [6.45, 7) is 0. The molecule has 0 radical (unpaired) electrons. The predicted molar refractivity (Wildman–Crippen MR) is 111 cm³/mol. The van der Waals surface area contributed by atoms with Gasteiger partial charge in [-0.1, -0.05) is 18.2 Å². The van der Waals surface area contributed by atoms with Crippen molar-refractivity contribution in [3.63, 3.8) is 0 Å². The fourth-order valence-electron chi connectivity index (χ4n) is 2.96. The molecule has 0 bridgehead atoms. The van der Waals surface area contributed by atoms with E-state index in [1.54, 1.807) is 31.5 Å². The average molecular weight is 389 g/mol. The third-order valence-corrected chi connectivity index (χ3v) is 4.33. The maximum Gasteiger partial charge on any atom is 0.323 e. The lowest BCUT2D eigenvalue weighted by Crippen LogP contribution is -2.19. The van der Waals surface area contributed by atoms with Crippen LogP contribution in [0.3, 0.4) is 0 Å². The fourth-order valence-corrected chi connectivity index (χ4v) is 2.96. The number of aromatic nitrogens is 3. The van der Waals surface area contributed by atoms with Gasteiger partial charge in [0.15, 0.2) is 11.5 Å². The molecule has 0 atom stereocenters. The Kier molecular flexibility index (Phi) is 4.98. The second kappa shape index (κ2) is 7.89. The summed E-state index contributed by atoms with van der Waals surface area (Å²) in [5.41, 5.74) is 2.89. The maximum absolute atomic E-state index is 12.4. The van der Waals surface area contributed by atoms with Gasteiger partial charge < -0.3 is 20.1 Å². The van der Waals surface area contributed by atoms with Gasteiger partial charge in [0.1, 0.15) is 0 Å². The molecule has 0 saturated carbocycles. The number of fused-ring (bicyclic) bond motifs is 1. The number of ether oxygens (including phenoxy) is 2. The summed E-state index contributed by atoms with van der Waals surface area (Å²) < 4.78 is 12.4. The lowest BCUT2D eigenvalue weighted by molar-refractivity contribution is 0.262. The highest BCUT2D eigenvalue weighted by Gasteiger charge is 2.12. The second-order valence-electron chi connectivity index (χ2n) is 6.15. The van der Waals surface area contributed by atoms with E-state index in [0.29, 0.717) is 28.7 Å². The summed E-state index contributed by atoms with van der Waals surface area (Å²) in [5.74, 6) is 1.63. The Hall–Kier alpha value is -4.07. The number of carbonyl (C=O) groups excluding carboxylic acids is 1. The van der Waals surface area contributed by atoms with E-state index in [4.69, 9.17) is 9.47 Å². The minimum absolute atomic E-state index is 0.388. The van der Waals surface area contributed by atoms with E-state index in [0.717, 1.165) is 11.3 Å². The topological polar surface area (TPSA) is 89.8 Å². The number of hydrogen-bond donors (Lipinski definition) is 2. The highest BCUT2D eigenvalue weighted by Crippen LogP contribution is 2.34. The van der Waals surface area contributed by atoms with Crippen molar-refractivity contribution < 1.29 is 14.3 Å². The van der Waals surface area contributed by atoms with Gasteiger partial charge in [-0.05, 0) is 30.3 Å². The van der Waals surface area contributed by atoms with E-state index in [1.807, 2.05) is 47.1 Å². The van der Waals surface area contributed by atoms with Crippen LogP contribution in [0.4, 0.5) is 16.2 Å². The largest absolute Gasteiger partial charge is 0.493 e. The zero-order valence-electron chi connectivity index (χ0n) is 15.9. The molecule has 0 saturated heterocycles. The van der Waals surface area contributed by atoms with Gasteiger partial charge >= 0.3 is 6.03 Å². The Morgan fingerprint density at radius 3 is 2.55 bits per heavy atom. The van der Waals surface area contributed by atoms with Gasteiger partial charge in [-0.25, -0.2) is 14.8 Å². The van der Waals surface area contributed by atoms with Gasteiger partial charge in [-0.3, -0.25) is 4.40 Å². The Morgan fingerprint density at radius 1 is 1.00 bits per heavy atom. The molecule has 4 rings (SSSR count). The molecule has 0 fully saturated rings. The highest BCUT2D eigenvalue weighted by atomic mass is 16.5. The summed E-state index contributed by atoms with van der Waals surface area (Å²) in [7, 11) is 3.07. The molecule has 2 aromatic carbocycles. The summed E-state index contributed by atoms with van der Waals surface area (Å²) in [5, 5.41) is 5.57. The van der Waals surface area contributed by atoms with Crippen LogP contribution in [0.2, 0.25) is 0 Å². The van der Waals surface area contributed by atoms with Crippen molar-refractivity contribution in [1.82, 2.24) is 14.4 Å². The second-order valence-corrected chi connectivity index (χ2v) is 6.15. The van der Waals surface area contributed by atoms with Crippen LogP contribution in [0, 0.1) is 0 Å². The van der Waals surface area contributed by atoms with E-state index in [2.05, 4.69) is 20.6 Å². The van der Waals surface area contributed by atoms with Crippen molar-refractivity contribution >= 4 is 23.2 Å². The molecule has 8 heteroatoms. The minimum atomic E-state index is -0.388. The van der Waals surface area contributed by atoms with Gasteiger partial charge in [0, 0.05) is 29.8 Å². The molecule has 2 N–H and O–H groups in total. The number of anilines is 2. The first-order chi connectivity index (χ1) is 14.2. The van der Waals surface area contributed by atoms with Crippen molar-refractivity contribution in [2.75, 3.05) is 24.9 Å². The van der Waals surface area contributed by atoms with Crippen LogP contribution in [0.5, 0.6) is 11.5 Å². The third-order valence-electron chi connectivity index (χ3n) is 4.33. The molecule has 0 aliphatic rings. The van der Waals surface area contributed by atoms with Crippen LogP contribution in [0.15, 0.2) is 67.1 Å². The zero-order chi connectivity index (χ0) is 20.2. The monoisotopic (exact) mass is 389 g/mol. The Morgan fingerprint density at radius 2 is 1.83 bits per heavy atom. The van der Waals surface area contributed by atoms with Crippen LogP contribution in [-0.4, -0.2) is 34.6 Å². The molecule has 2 aromatic heterocycles. The first-order valence-electron chi connectivity index (χ1n) is 8.87. The number of nitrogens with zero attached hydrogens (tertiary/aromatic N) is 3. The number of nitrogens with one attached hydrogen (secondary N) is 2. The summed E-state index contributed by atoms with van der Waals surface area (Å²) in [6, 6.07) is 14.1. The van der Waals surface area contributed by atoms with Crippen LogP contribution in [-0.2, 0) is 0 Å². The molecule has 0 aliphatic carbocycles. The number of carbonyl (C=O) groups is 1. The van der Waals surface area contributed by atoms with Gasteiger partial charge in [0.25, 0.3) is 0 Å². The number of para-hydroxylation sites is 1.